The van der Waals surface area contributed by atoms with Crippen molar-refractivity contribution in [3.63, 3.8) is 0 Å². The van der Waals surface area contributed by atoms with Crippen molar-refractivity contribution in [1.82, 2.24) is 0 Å². The van der Waals surface area contributed by atoms with E-state index < -0.39 is 0 Å². The first-order valence-electron chi connectivity index (χ1n) is 27.0. The van der Waals surface area contributed by atoms with Gasteiger partial charge in [0.2, 0.25) is 0 Å². The Morgan fingerprint density at radius 1 is 0.466 bits per heavy atom. The van der Waals surface area contributed by atoms with Crippen LogP contribution in [0.15, 0.2) is 150 Å². The van der Waals surface area contributed by atoms with Gasteiger partial charge in [0.15, 0.2) is 0 Å². The Labute approximate surface area is 434 Å². The molecule has 8 aromatic carbocycles. The van der Waals surface area contributed by atoms with Gasteiger partial charge in [-0.05, 0) is 187 Å². The molecule has 0 N–H and O–H groups in total. The van der Waals surface area contributed by atoms with Crippen LogP contribution in [-0.2, 0) is 27.1 Å². The van der Waals surface area contributed by atoms with Crippen molar-refractivity contribution in [3.8, 4) is 22.3 Å². The van der Waals surface area contributed by atoms with Crippen LogP contribution >= 0.6 is 0 Å². The zero-order chi connectivity index (χ0) is 50.9. The maximum atomic E-state index is 6.53. The summed E-state index contributed by atoms with van der Waals surface area (Å²) in [6, 6.07) is 56.4. The second kappa shape index (κ2) is 15.4. The van der Waals surface area contributed by atoms with E-state index in [1.807, 2.05) is 0 Å². The minimum atomic E-state index is -0.0268. The summed E-state index contributed by atoms with van der Waals surface area (Å²) in [5.74, 6) is 0. The van der Waals surface area contributed by atoms with E-state index in [0.29, 0.717) is 0 Å². The topological polar surface area (TPSA) is 19.6 Å². The quantitative estimate of drug-likeness (QED) is 0.164. The second-order valence-electron chi connectivity index (χ2n) is 26.1. The fraction of sp³-hybridized carbons (Fsp3) is 0.304. The molecule has 0 bridgehead atoms. The van der Waals surface area contributed by atoms with E-state index in [-0.39, 0.29) is 33.8 Å². The maximum absolute atomic E-state index is 6.53. The fourth-order valence-corrected chi connectivity index (χ4v) is 14.3. The molecule has 0 saturated carbocycles. The van der Waals surface area contributed by atoms with E-state index in [9.17, 15) is 0 Å². The Balaban J connectivity index is 1.16. The van der Waals surface area contributed by atoms with Crippen LogP contribution in [0.4, 0.5) is 34.1 Å². The SMILES string of the molecule is Cc1cc2c3c(c1)N(c1ccc(C(C)(C)C)cc1-c1ccccc1)c1cc4c(cc1B3c1ccc(-c3cccc5oc6ccccc6c35)cc1N2c1cc2c(cc1C)C(C)(C)CC2(C)C)C(C)(C)CCC4(C)C. The van der Waals surface area contributed by atoms with Gasteiger partial charge in [-0.3, -0.25) is 0 Å². The molecule has 9 aromatic rings. The summed E-state index contributed by atoms with van der Waals surface area (Å²) >= 11 is 0. The van der Waals surface area contributed by atoms with E-state index in [1.165, 1.54) is 117 Å². The highest BCUT2D eigenvalue weighted by atomic mass is 16.3. The molecule has 1 aromatic heterocycles. The van der Waals surface area contributed by atoms with Crippen LogP contribution in [0.1, 0.15) is 134 Å². The number of furan rings is 1. The Morgan fingerprint density at radius 3 is 1.78 bits per heavy atom. The van der Waals surface area contributed by atoms with E-state index in [2.05, 4.69) is 245 Å². The van der Waals surface area contributed by atoms with Crippen LogP contribution in [0.2, 0.25) is 0 Å². The number of aryl methyl sites for hydroxylation is 2. The molecule has 0 amide bonds. The van der Waals surface area contributed by atoms with E-state index >= 15 is 0 Å². The molecule has 0 saturated heterocycles. The number of anilines is 6. The third-order valence-electron chi connectivity index (χ3n) is 18.0. The molecule has 0 spiro atoms. The second-order valence-corrected chi connectivity index (χ2v) is 26.1. The zero-order valence-electron chi connectivity index (χ0n) is 45.4. The summed E-state index contributed by atoms with van der Waals surface area (Å²) < 4.78 is 6.53. The number of fused-ring (bicyclic) bond motifs is 9. The van der Waals surface area contributed by atoms with Crippen molar-refractivity contribution in [2.45, 2.75) is 136 Å². The van der Waals surface area contributed by atoms with E-state index in [1.54, 1.807) is 0 Å². The van der Waals surface area contributed by atoms with E-state index in [0.717, 1.165) is 35.8 Å². The average molecular weight is 953 g/mol. The van der Waals surface area contributed by atoms with Gasteiger partial charge in [-0.1, -0.05) is 167 Å². The van der Waals surface area contributed by atoms with Crippen LogP contribution in [0.25, 0.3) is 44.2 Å². The average Bonchev–Trinajstić information content (AvgIpc) is 3.81. The number of hydrogen-bond acceptors (Lipinski definition) is 3. The molecule has 0 atom stereocenters. The first-order chi connectivity index (χ1) is 34.6. The molecule has 3 heterocycles. The molecule has 73 heavy (non-hydrogen) atoms. The highest BCUT2D eigenvalue weighted by molar-refractivity contribution is 7.00. The number of rotatable bonds is 4. The van der Waals surface area contributed by atoms with Crippen LogP contribution in [0.3, 0.4) is 0 Å². The Kier molecular flexibility index (Phi) is 9.71. The highest BCUT2D eigenvalue weighted by Crippen LogP contribution is 2.55. The van der Waals surface area contributed by atoms with Gasteiger partial charge in [-0.15, -0.1) is 0 Å². The van der Waals surface area contributed by atoms with Crippen LogP contribution in [-0.4, -0.2) is 6.71 Å². The van der Waals surface area contributed by atoms with Gasteiger partial charge in [0.05, 0.1) is 5.69 Å². The highest BCUT2D eigenvalue weighted by Gasteiger charge is 2.48. The zero-order valence-corrected chi connectivity index (χ0v) is 45.4. The summed E-state index contributed by atoms with van der Waals surface area (Å²) in [7, 11) is 0. The molecule has 2 aliphatic carbocycles. The van der Waals surface area contributed by atoms with Gasteiger partial charge in [-0.2, -0.15) is 0 Å². The minimum absolute atomic E-state index is 0.0177. The smallest absolute Gasteiger partial charge is 0.252 e. The molecule has 0 radical (unpaired) electrons. The number of nitrogens with zero attached hydrogens (tertiary/aromatic N) is 2. The number of hydrogen-bond donors (Lipinski definition) is 0. The molecule has 364 valence electrons. The fourth-order valence-electron chi connectivity index (χ4n) is 14.3. The summed E-state index contributed by atoms with van der Waals surface area (Å²) in [4.78, 5) is 5.37. The predicted molar refractivity (Wildman–Crippen MR) is 313 cm³/mol. The van der Waals surface area contributed by atoms with Crippen LogP contribution in [0, 0.1) is 13.8 Å². The summed E-state index contributed by atoms with van der Waals surface area (Å²) in [5, 5.41) is 2.31. The molecule has 13 rings (SSSR count). The summed E-state index contributed by atoms with van der Waals surface area (Å²) in [5.41, 5.74) is 28.2. The van der Waals surface area contributed by atoms with Crippen molar-refractivity contribution < 1.29 is 4.42 Å². The maximum Gasteiger partial charge on any atom is 0.252 e. The van der Waals surface area contributed by atoms with Crippen molar-refractivity contribution in [3.05, 3.63) is 185 Å². The third-order valence-corrected chi connectivity index (χ3v) is 18.0. The van der Waals surface area contributed by atoms with Gasteiger partial charge in [-0.25, -0.2) is 0 Å². The molecular formula is C69H69BN2O. The lowest BCUT2D eigenvalue weighted by atomic mass is 9.33. The van der Waals surface area contributed by atoms with Gasteiger partial charge in [0, 0.05) is 44.8 Å². The van der Waals surface area contributed by atoms with Crippen molar-refractivity contribution >= 4 is 79.2 Å². The van der Waals surface area contributed by atoms with Gasteiger partial charge in [0.1, 0.15) is 11.2 Å². The van der Waals surface area contributed by atoms with Crippen molar-refractivity contribution in [1.29, 1.82) is 0 Å². The van der Waals surface area contributed by atoms with Crippen LogP contribution in [0.5, 0.6) is 0 Å². The number of para-hydroxylation sites is 1. The first kappa shape index (κ1) is 46.0. The van der Waals surface area contributed by atoms with E-state index in [4.69, 9.17) is 4.42 Å². The van der Waals surface area contributed by atoms with Gasteiger partial charge >= 0.3 is 0 Å². The largest absolute Gasteiger partial charge is 0.456 e. The first-order valence-corrected chi connectivity index (χ1v) is 27.0. The van der Waals surface area contributed by atoms with Crippen molar-refractivity contribution in [2.24, 2.45) is 0 Å². The molecule has 0 unspecified atom stereocenters. The van der Waals surface area contributed by atoms with Crippen molar-refractivity contribution in [2.75, 3.05) is 9.80 Å². The molecule has 4 aliphatic rings. The molecule has 4 heteroatoms. The molecule has 0 fully saturated rings. The lowest BCUT2D eigenvalue weighted by Crippen LogP contribution is -2.62. The predicted octanol–water partition coefficient (Wildman–Crippen LogP) is 17.2. The standard InChI is InChI=1S/C69H69BN2O/c1-41-32-59-64-60(33-41)72(56-38-52-49(34-42(56)2)68(10,11)40-69(52,12)13)57-35-44(46-23-19-25-62-63(46)47-22-17-18-24-61(47)73-62)26-28-53(57)70(64)54-37-50-51(67(8,9)31-30-66(50,6)7)39-58(54)71(59)55-29-27-45(65(3,4)5)36-48(55)43-20-15-14-16-21-43/h14-29,32-39H,30-31,40H2,1-13H3. The van der Waals surface area contributed by atoms with Gasteiger partial charge < -0.3 is 14.2 Å². The summed E-state index contributed by atoms with van der Waals surface area (Å²) in [6.07, 6.45) is 3.42. The molecular weight excluding hydrogens is 884 g/mol. The lowest BCUT2D eigenvalue weighted by Gasteiger charge is -2.48. The monoisotopic (exact) mass is 953 g/mol. The minimum Gasteiger partial charge on any atom is -0.456 e. The third kappa shape index (κ3) is 6.84. The van der Waals surface area contributed by atoms with Gasteiger partial charge in [0.25, 0.3) is 6.71 Å². The normalized spacial score (nSPS) is 17.6. The lowest BCUT2D eigenvalue weighted by molar-refractivity contribution is 0.332. The Hall–Kier alpha value is -6.78. The van der Waals surface area contributed by atoms with Crippen LogP contribution < -0.4 is 26.2 Å². The number of benzene rings is 8. The summed E-state index contributed by atoms with van der Waals surface area (Å²) in [6.45, 7) is 31.4. The Morgan fingerprint density at radius 2 is 1.07 bits per heavy atom. The molecule has 3 nitrogen and oxygen atoms in total. The molecule has 2 aliphatic heterocycles. The Bertz CT molecular complexity index is 3800.